The number of hydrogen-bond donors (Lipinski definition) is 1. The average molecular weight is 212 g/mol. The van der Waals surface area contributed by atoms with Crippen LogP contribution in [-0.2, 0) is 0 Å². The van der Waals surface area contributed by atoms with Crippen LogP contribution in [0.5, 0.6) is 0 Å². The van der Waals surface area contributed by atoms with Crippen molar-refractivity contribution >= 4 is 0 Å². The van der Waals surface area contributed by atoms with Crippen molar-refractivity contribution < 1.29 is 9.50 Å². The summed E-state index contributed by atoms with van der Waals surface area (Å²) in [4.78, 5) is 0. The molecule has 0 heterocycles. The summed E-state index contributed by atoms with van der Waals surface area (Å²) in [6.45, 7) is 8.01. The van der Waals surface area contributed by atoms with E-state index in [-0.39, 0.29) is 5.82 Å². The summed E-state index contributed by atoms with van der Waals surface area (Å²) in [6.07, 6.45) is -0.0813. The Kier molecular flexibility index (Phi) is 6.97. The molecule has 1 aromatic carbocycles. The van der Waals surface area contributed by atoms with Gasteiger partial charge < -0.3 is 5.11 Å². The lowest BCUT2D eigenvalue weighted by molar-refractivity contribution is 0.147. The third kappa shape index (κ3) is 4.93. The fourth-order valence-electron chi connectivity index (χ4n) is 1.32. The van der Waals surface area contributed by atoms with E-state index >= 15 is 0 Å². The summed E-state index contributed by atoms with van der Waals surface area (Å²) in [5, 5.41) is 9.63. The summed E-state index contributed by atoms with van der Waals surface area (Å²) in [5.41, 5.74) is 0.399. The number of hydrogen-bond acceptors (Lipinski definition) is 1. The van der Waals surface area contributed by atoms with Gasteiger partial charge in [0.15, 0.2) is 0 Å². The molecule has 2 heteroatoms. The number of benzene rings is 1. The zero-order valence-electron chi connectivity index (χ0n) is 10.00. The van der Waals surface area contributed by atoms with Crippen molar-refractivity contribution in [3.8, 4) is 0 Å². The lowest BCUT2D eigenvalue weighted by Gasteiger charge is -2.13. The molecular weight excluding hydrogens is 191 g/mol. The van der Waals surface area contributed by atoms with E-state index < -0.39 is 6.10 Å². The summed E-state index contributed by atoms with van der Waals surface area (Å²) in [6, 6.07) is 6.37. The number of aliphatic hydroxyl groups excluding tert-OH is 1. The summed E-state index contributed by atoms with van der Waals surface area (Å²) in [5.74, 6) is 0.0465. The molecule has 0 saturated carbocycles. The third-order valence-electron chi connectivity index (χ3n) is 1.96. The van der Waals surface area contributed by atoms with Crippen molar-refractivity contribution in [2.45, 2.75) is 40.2 Å². The molecule has 0 aliphatic carbocycles. The van der Waals surface area contributed by atoms with Crippen LogP contribution in [0.2, 0.25) is 0 Å². The first-order valence-corrected chi connectivity index (χ1v) is 5.53. The Hall–Kier alpha value is -0.890. The van der Waals surface area contributed by atoms with E-state index in [0.717, 1.165) is 0 Å². The van der Waals surface area contributed by atoms with E-state index in [0.29, 0.717) is 17.9 Å². The molecule has 1 aromatic rings. The highest BCUT2D eigenvalue weighted by Crippen LogP contribution is 2.22. The number of aliphatic hydroxyl groups is 1. The van der Waals surface area contributed by atoms with Crippen molar-refractivity contribution in [2.24, 2.45) is 5.92 Å². The van der Waals surface area contributed by atoms with Crippen LogP contribution in [0, 0.1) is 11.7 Å². The highest BCUT2D eigenvalue weighted by atomic mass is 19.1. The van der Waals surface area contributed by atoms with E-state index in [2.05, 4.69) is 0 Å². The summed E-state index contributed by atoms with van der Waals surface area (Å²) < 4.78 is 13.1. The standard InChI is InChI=1S/C11H15FO.C2H6/c1-8(2)7-11(13)9-5-3-4-6-10(9)12;1-2/h3-6,8,11,13H,7H2,1-2H3;1-2H3. The predicted molar refractivity (Wildman–Crippen MR) is 62.2 cm³/mol. The average Bonchev–Trinajstić information content (AvgIpc) is 2.20. The maximum atomic E-state index is 13.1. The molecule has 1 atom stereocenters. The molecular formula is C13H21FO. The molecule has 0 aromatic heterocycles. The van der Waals surface area contributed by atoms with Gasteiger partial charge in [0.05, 0.1) is 6.10 Å². The number of rotatable bonds is 3. The Balaban J connectivity index is 0.000000921. The fourth-order valence-corrected chi connectivity index (χ4v) is 1.32. The second-order valence-electron chi connectivity index (χ2n) is 3.67. The smallest absolute Gasteiger partial charge is 0.128 e. The summed E-state index contributed by atoms with van der Waals surface area (Å²) in [7, 11) is 0. The quantitative estimate of drug-likeness (QED) is 0.804. The van der Waals surface area contributed by atoms with E-state index in [1.54, 1.807) is 18.2 Å². The monoisotopic (exact) mass is 212 g/mol. The second kappa shape index (κ2) is 7.41. The Morgan fingerprint density at radius 3 is 2.20 bits per heavy atom. The van der Waals surface area contributed by atoms with E-state index in [9.17, 15) is 9.50 Å². The van der Waals surface area contributed by atoms with Gasteiger partial charge in [-0.05, 0) is 18.4 Å². The van der Waals surface area contributed by atoms with E-state index in [1.165, 1.54) is 6.07 Å². The molecule has 0 bridgehead atoms. The van der Waals surface area contributed by atoms with Crippen LogP contribution in [-0.4, -0.2) is 5.11 Å². The van der Waals surface area contributed by atoms with Crippen LogP contribution in [0.1, 0.15) is 45.8 Å². The summed E-state index contributed by atoms with van der Waals surface area (Å²) >= 11 is 0. The Morgan fingerprint density at radius 2 is 1.73 bits per heavy atom. The molecule has 0 aliphatic heterocycles. The first-order valence-electron chi connectivity index (χ1n) is 5.53. The van der Waals surface area contributed by atoms with Gasteiger partial charge in [-0.2, -0.15) is 0 Å². The Bertz CT molecular complexity index is 271. The van der Waals surface area contributed by atoms with Crippen molar-refractivity contribution in [2.75, 3.05) is 0 Å². The van der Waals surface area contributed by atoms with Crippen LogP contribution < -0.4 is 0 Å². The van der Waals surface area contributed by atoms with Gasteiger partial charge in [0.2, 0.25) is 0 Å². The zero-order valence-corrected chi connectivity index (χ0v) is 10.00. The molecule has 0 saturated heterocycles. The first kappa shape index (κ1) is 14.1. The van der Waals surface area contributed by atoms with Crippen molar-refractivity contribution in [1.29, 1.82) is 0 Å². The highest BCUT2D eigenvalue weighted by Gasteiger charge is 2.12. The molecule has 0 fully saturated rings. The van der Waals surface area contributed by atoms with Crippen LogP contribution >= 0.6 is 0 Å². The Labute approximate surface area is 92.0 Å². The van der Waals surface area contributed by atoms with Gasteiger partial charge in [-0.1, -0.05) is 45.9 Å². The maximum Gasteiger partial charge on any atom is 0.128 e. The SMILES string of the molecule is CC.CC(C)CC(O)c1ccccc1F. The molecule has 0 aliphatic rings. The Morgan fingerprint density at radius 1 is 1.20 bits per heavy atom. The highest BCUT2D eigenvalue weighted by molar-refractivity contribution is 5.19. The molecule has 1 nitrogen and oxygen atoms in total. The predicted octanol–water partition coefficient (Wildman–Crippen LogP) is 3.93. The molecule has 1 rings (SSSR count). The van der Waals surface area contributed by atoms with Crippen molar-refractivity contribution in [3.63, 3.8) is 0 Å². The van der Waals surface area contributed by atoms with Crippen molar-refractivity contribution in [1.82, 2.24) is 0 Å². The lowest BCUT2D eigenvalue weighted by atomic mass is 9.99. The van der Waals surface area contributed by atoms with Crippen molar-refractivity contribution in [3.05, 3.63) is 35.6 Å². The third-order valence-corrected chi connectivity index (χ3v) is 1.96. The molecule has 0 spiro atoms. The minimum Gasteiger partial charge on any atom is -0.388 e. The molecule has 1 unspecified atom stereocenters. The molecule has 0 radical (unpaired) electrons. The largest absolute Gasteiger partial charge is 0.388 e. The van der Waals surface area contributed by atoms with Crippen LogP contribution in [0.3, 0.4) is 0 Å². The topological polar surface area (TPSA) is 20.2 Å². The second-order valence-corrected chi connectivity index (χ2v) is 3.67. The minimum atomic E-state index is -0.679. The van der Waals surface area contributed by atoms with Crippen LogP contribution in [0.15, 0.2) is 24.3 Å². The normalized spacial score (nSPS) is 11.9. The molecule has 0 amide bonds. The number of halogens is 1. The van der Waals surface area contributed by atoms with Gasteiger partial charge in [0, 0.05) is 5.56 Å². The zero-order chi connectivity index (χ0) is 11.8. The van der Waals surface area contributed by atoms with Crippen LogP contribution in [0.25, 0.3) is 0 Å². The van der Waals surface area contributed by atoms with E-state index in [4.69, 9.17) is 0 Å². The molecule has 1 N–H and O–H groups in total. The lowest BCUT2D eigenvalue weighted by Crippen LogP contribution is -2.03. The first-order chi connectivity index (χ1) is 7.11. The van der Waals surface area contributed by atoms with Gasteiger partial charge in [-0.25, -0.2) is 4.39 Å². The van der Waals surface area contributed by atoms with Gasteiger partial charge in [-0.15, -0.1) is 0 Å². The van der Waals surface area contributed by atoms with Crippen LogP contribution in [0.4, 0.5) is 4.39 Å². The van der Waals surface area contributed by atoms with Gasteiger partial charge in [0.25, 0.3) is 0 Å². The van der Waals surface area contributed by atoms with E-state index in [1.807, 2.05) is 27.7 Å². The molecule has 15 heavy (non-hydrogen) atoms. The fraction of sp³-hybridized carbons (Fsp3) is 0.538. The minimum absolute atomic E-state index is 0.323. The maximum absolute atomic E-state index is 13.1. The van der Waals surface area contributed by atoms with Gasteiger partial charge in [0.1, 0.15) is 5.82 Å². The van der Waals surface area contributed by atoms with Gasteiger partial charge >= 0.3 is 0 Å². The molecule has 86 valence electrons. The van der Waals surface area contributed by atoms with Gasteiger partial charge in [-0.3, -0.25) is 0 Å².